The molecule has 2 aromatic rings. The first-order valence-electron chi connectivity index (χ1n) is 5.73. The van der Waals surface area contributed by atoms with Gasteiger partial charge in [0, 0.05) is 23.0 Å². The Labute approximate surface area is 105 Å². The van der Waals surface area contributed by atoms with E-state index in [1.54, 1.807) is 12.3 Å². The van der Waals surface area contributed by atoms with Crippen LogP contribution >= 0.6 is 0 Å². The molecule has 1 aliphatic rings. The molecule has 0 amide bonds. The van der Waals surface area contributed by atoms with Gasteiger partial charge in [0.25, 0.3) is 5.88 Å². The van der Waals surface area contributed by atoms with Crippen molar-refractivity contribution >= 4 is 5.82 Å². The third-order valence-corrected chi connectivity index (χ3v) is 2.82. The quantitative estimate of drug-likeness (QED) is 0.827. The van der Waals surface area contributed by atoms with Crippen LogP contribution in [0.4, 0.5) is 5.82 Å². The largest absolute Gasteiger partial charge is 0.484 e. The molecule has 18 heavy (non-hydrogen) atoms. The zero-order valence-electron chi connectivity index (χ0n) is 10.0. The molecular formula is C13H13N3O2. The number of ether oxygens (including phenoxy) is 2. The standard InChI is InChI=1S/C13H13N3O2/c1-8-10(9-2-3-12(14)15-7-9)6-11-13(16-8)18-5-4-17-11/h2-3,6-7H,4-5H2,1H3,(H2,14,15). The van der Waals surface area contributed by atoms with Crippen molar-refractivity contribution in [3.8, 4) is 22.8 Å². The number of anilines is 1. The van der Waals surface area contributed by atoms with Crippen molar-refractivity contribution in [1.82, 2.24) is 9.97 Å². The minimum absolute atomic E-state index is 0.502. The summed E-state index contributed by atoms with van der Waals surface area (Å²) in [6.45, 7) is 3.03. The Morgan fingerprint density at radius 1 is 1.22 bits per heavy atom. The third-order valence-electron chi connectivity index (χ3n) is 2.82. The number of pyridine rings is 2. The fourth-order valence-corrected chi connectivity index (χ4v) is 1.92. The second-order valence-electron chi connectivity index (χ2n) is 4.09. The maximum Gasteiger partial charge on any atom is 0.257 e. The van der Waals surface area contributed by atoms with Crippen LogP contribution in [0.2, 0.25) is 0 Å². The number of aromatic nitrogens is 2. The Bertz CT molecular complexity index is 582. The van der Waals surface area contributed by atoms with Gasteiger partial charge in [0.15, 0.2) is 5.75 Å². The molecule has 2 N–H and O–H groups in total. The van der Waals surface area contributed by atoms with Crippen LogP contribution in [0.15, 0.2) is 24.4 Å². The molecule has 0 radical (unpaired) electrons. The Hall–Kier alpha value is -2.30. The van der Waals surface area contributed by atoms with Crippen molar-refractivity contribution in [1.29, 1.82) is 0 Å². The predicted octanol–water partition coefficient (Wildman–Crippen LogP) is 1.81. The smallest absolute Gasteiger partial charge is 0.257 e. The van der Waals surface area contributed by atoms with Gasteiger partial charge in [-0.1, -0.05) is 0 Å². The molecular weight excluding hydrogens is 230 g/mol. The molecule has 3 heterocycles. The van der Waals surface area contributed by atoms with Crippen LogP contribution in [0.1, 0.15) is 5.69 Å². The Morgan fingerprint density at radius 3 is 2.83 bits per heavy atom. The lowest BCUT2D eigenvalue weighted by Gasteiger charge is -2.19. The number of nitrogens with two attached hydrogens (primary N) is 1. The first-order chi connectivity index (χ1) is 8.74. The lowest BCUT2D eigenvalue weighted by Crippen LogP contribution is -2.16. The van der Waals surface area contributed by atoms with Gasteiger partial charge in [-0.3, -0.25) is 0 Å². The molecule has 5 heteroatoms. The lowest BCUT2D eigenvalue weighted by molar-refractivity contribution is 0.164. The highest BCUT2D eigenvalue weighted by molar-refractivity contribution is 5.68. The van der Waals surface area contributed by atoms with Crippen LogP contribution < -0.4 is 15.2 Å². The van der Waals surface area contributed by atoms with Gasteiger partial charge in [-0.2, -0.15) is 0 Å². The van der Waals surface area contributed by atoms with Crippen molar-refractivity contribution in [3.63, 3.8) is 0 Å². The van der Waals surface area contributed by atoms with Gasteiger partial charge in [0.2, 0.25) is 0 Å². The van der Waals surface area contributed by atoms with E-state index in [-0.39, 0.29) is 0 Å². The topological polar surface area (TPSA) is 70.3 Å². The van der Waals surface area contributed by atoms with Crippen LogP contribution in [0, 0.1) is 6.92 Å². The molecule has 0 aromatic carbocycles. The van der Waals surface area contributed by atoms with E-state index in [4.69, 9.17) is 15.2 Å². The van der Waals surface area contributed by atoms with Gasteiger partial charge >= 0.3 is 0 Å². The van der Waals surface area contributed by atoms with Crippen LogP contribution in [-0.2, 0) is 0 Å². The lowest BCUT2D eigenvalue weighted by atomic mass is 10.1. The summed E-state index contributed by atoms with van der Waals surface area (Å²) in [6.07, 6.45) is 1.73. The van der Waals surface area contributed by atoms with Crippen LogP contribution in [0.5, 0.6) is 11.6 Å². The van der Waals surface area contributed by atoms with Crippen molar-refractivity contribution in [2.45, 2.75) is 6.92 Å². The zero-order chi connectivity index (χ0) is 12.5. The first-order valence-corrected chi connectivity index (χ1v) is 5.73. The minimum Gasteiger partial charge on any atom is -0.484 e. The molecule has 0 atom stereocenters. The number of rotatable bonds is 1. The first kappa shape index (κ1) is 10.8. The number of hydrogen-bond donors (Lipinski definition) is 1. The SMILES string of the molecule is Cc1nc2c(cc1-c1ccc(N)nc1)OCCO2. The normalized spacial score (nSPS) is 13.4. The summed E-state index contributed by atoms with van der Waals surface area (Å²) in [5.41, 5.74) is 8.41. The maximum absolute atomic E-state index is 5.58. The van der Waals surface area contributed by atoms with Gasteiger partial charge in [-0.25, -0.2) is 9.97 Å². The summed E-state index contributed by atoms with van der Waals surface area (Å²) in [7, 11) is 0. The van der Waals surface area contributed by atoms with Gasteiger partial charge in [0.1, 0.15) is 19.0 Å². The molecule has 92 valence electrons. The van der Waals surface area contributed by atoms with E-state index >= 15 is 0 Å². The third kappa shape index (κ3) is 1.84. The number of fused-ring (bicyclic) bond motifs is 1. The van der Waals surface area contributed by atoms with Crippen LogP contribution in [0.3, 0.4) is 0 Å². The van der Waals surface area contributed by atoms with E-state index in [2.05, 4.69) is 9.97 Å². The van der Waals surface area contributed by atoms with Gasteiger partial charge in [0.05, 0.1) is 0 Å². The second-order valence-corrected chi connectivity index (χ2v) is 4.09. The summed E-state index contributed by atoms with van der Waals surface area (Å²) in [6, 6.07) is 5.62. The number of aryl methyl sites for hydroxylation is 1. The van der Waals surface area contributed by atoms with E-state index in [0.717, 1.165) is 16.8 Å². The van der Waals surface area contributed by atoms with Crippen molar-refractivity contribution in [2.75, 3.05) is 18.9 Å². The van der Waals surface area contributed by atoms with Gasteiger partial charge in [-0.15, -0.1) is 0 Å². The monoisotopic (exact) mass is 243 g/mol. The summed E-state index contributed by atoms with van der Waals surface area (Å²) in [4.78, 5) is 8.49. The van der Waals surface area contributed by atoms with Crippen molar-refractivity contribution < 1.29 is 9.47 Å². The molecule has 0 unspecified atom stereocenters. The second kappa shape index (κ2) is 4.18. The molecule has 0 bridgehead atoms. The Morgan fingerprint density at radius 2 is 2.06 bits per heavy atom. The summed E-state index contributed by atoms with van der Waals surface area (Å²) < 4.78 is 11.0. The molecule has 2 aromatic heterocycles. The summed E-state index contributed by atoms with van der Waals surface area (Å²) >= 11 is 0. The Kier molecular flexibility index (Phi) is 2.51. The minimum atomic E-state index is 0.502. The molecule has 0 spiro atoms. The van der Waals surface area contributed by atoms with E-state index < -0.39 is 0 Å². The van der Waals surface area contributed by atoms with E-state index in [0.29, 0.717) is 30.7 Å². The van der Waals surface area contributed by atoms with Crippen molar-refractivity contribution in [3.05, 3.63) is 30.1 Å². The molecule has 0 fully saturated rings. The molecule has 3 rings (SSSR count). The molecule has 5 nitrogen and oxygen atoms in total. The van der Waals surface area contributed by atoms with Gasteiger partial charge < -0.3 is 15.2 Å². The van der Waals surface area contributed by atoms with Gasteiger partial charge in [-0.05, 0) is 25.1 Å². The average Bonchev–Trinajstić information content (AvgIpc) is 2.39. The number of nitrogen functional groups attached to an aromatic ring is 1. The predicted molar refractivity (Wildman–Crippen MR) is 67.6 cm³/mol. The fraction of sp³-hybridized carbons (Fsp3) is 0.231. The summed E-state index contributed by atoms with van der Waals surface area (Å²) in [5, 5.41) is 0. The van der Waals surface area contributed by atoms with Crippen molar-refractivity contribution in [2.24, 2.45) is 0 Å². The average molecular weight is 243 g/mol. The van der Waals surface area contributed by atoms with E-state index in [1.807, 2.05) is 19.1 Å². The molecule has 0 aliphatic carbocycles. The zero-order valence-corrected chi connectivity index (χ0v) is 10.0. The van der Waals surface area contributed by atoms with E-state index in [9.17, 15) is 0 Å². The van der Waals surface area contributed by atoms with E-state index in [1.165, 1.54) is 0 Å². The number of hydrogen-bond acceptors (Lipinski definition) is 5. The summed E-state index contributed by atoms with van der Waals surface area (Å²) in [5.74, 6) is 1.74. The molecule has 0 saturated heterocycles. The Balaban J connectivity index is 2.09. The number of nitrogens with zero attached hydrogens (tertiary/aromatic N) is 2. The highest BCUT2D eigenvalue weighted by atomic mass is 16.6. The van der Waals surface area contributed by atoms with Crippen LogP contribution in [-0.4, -0.2) is 23.2 Å². The molecule has 1 aliphatic heterocycles. The maximum atomic E-state index is 5.58. The molecule has 0 saturated carbocycles. The highest BCUT2D eigenvalue weighted by Crippen LogP contribution is 2.34. The van der Waals surface area contributed by atoms with Crippen LogP contribution in [0.25, 0.3) is 11.1 Å². The fourth-order valence-electron chi connectivity index (χ4n) is 1.92. The highest BCUT2D eigenvalue weighted by Gasteiger charge is 2.16.